The highest BCUT2D eigenvalue weighted by molar-refractivity contribution is 7.22. The Morgan fingerprint density at radius 1 is 1.14 bits per heavy atom. The van der Waals surface area contributed by atoms with Gasteiger partial charge < -0.3 is 4.90 Å². The normalized spacial score (nSPS) is 11.6. The molecule has 2 heterocycles. The summed E-state index contributed by atoms with van der Waals surface area (Å²) in [5, 5.41) is 9.05. The summed E-state index contributed by atoms with van der Waals surface area (Å²) in [6.45, 7) is 5.58. The van der Waals surface area contributed by atoms with Crippen LogP contribution in [-0.4, -0.2) is 58.0 Å². The van der Waals surface area contributed by atoms with E-state index in [2.05, 4.69) is 41.2 Å². The maximum Gasteiger partial charge on any atom is 0.250 e. The van der Waals surface area contributed by atoms with Crippen LogP contribution in [0, 0.1) is 13.8 Å². The van der Waals surface area contributed by atoms with Gasteiger partial charge in [-0.15, -0.1) is 5.10 Å². The first-order valence-corrected chi connectivity index (χ1v) is 10.3. The third-order valence-corrected chi connectivity index (χ3v) is 5.85. The number of thiazole rings is 1. The first kappa shape index (κ1) is 19.5. The first-order valence-electron chi connectivity index (χ1n) is 9.53. The van der Waals surface area contributed by atoms with Crippen molar-refractivity contribution in [1.82, 2.24) is 24.9 Å². The van der Waals surface area contributed by atoms with Gasteiger partial charge in [0.05, 0.1) is 15.7 Å². The Morgan fingerprint density at radius 3 is 2.72 bits per heavy atom. The number of carbonyl (C=O) groups excluding carboxylic acids is 1. The summed E-state index contributed by atoms with van der Waals surface area (Å²) >= 11 is 1.56. The van der Waals surface area contributed by atoms with Crippen molar-refractivity contribution in [3.63, 3.8) is 0 Å². The zero-order valence-electron chi connectivity index (χ0n) is 17.1. The first-order chi connectivity index (χ1) is 13.9. The molecule has 4 rings (SSSR count). The van der Waals surface area contributed by atoms with Crippen molar-refractivity contribution >= 4 is 43.6 Å². The molecule has 0 aliphatic heterocycles. The lowest BCUT2D eigenvalue weighted by Crippen LogP contribution is -2.38. The van der Waals surface area contributed by atoms with E-state index in [1.807, 2.05) is 38.4 Å². The van der Waals surface area contributed by atoms with Gasteiger partial charge in [-0.3, -0.25) is 9.69 Å². The van der Waals surface area contributed by atoms with Gasteiger partial charge in [-0.25, -0.2) is 9.67 Å². The molecular weight excluding hydrogens is 384 g/mol. The smallest absolute Gasteiger partial charge is 0.250 e. The van der Waals surface area contributed by atoms with Gasteiger partial charge in [-0.05, 0) is 57.3 Å². The molecule has 150 valence electrons. The van der Waals surface area contributed by atoms with Crippen LogP contribution >= 0.6 is 11.3 Å². The van der Waals surface area contributed by atoms with E-state index in [-0.39, 0.29) is 12.5 Å². The summed E-state index contributed by atoms with van der Waals surface area (Å²) in [5.41, 5.74) is 4.93. The number of hydrogen-bond acceptors (Lipinski definition) is 6. The SMILES string of the molecule is Cc1cc(C)c2nc(N(CCN(C)C)C(=O)Cn3nnc4ccccc43)sc2c1. The van der Waals surface area contributed by atoms with Gasteiger partial charge in [0.1, 0.15) is 12.1 Å². The summed E-state index contributed by atoms with van der Waals surface area (Å²) in [7, 11) is 4.00. The summed E-state index contributed by atoms with van der Waals surface area (Å²) in [4.78, 5) is 21.9. The number of aromatic nitrogens is 4. The van der Waals surface area contributed by atoms with E-state index in [9.17, 15) is 4.79 Å². The second kappa shape index (κ2) is 7.88. The van der Waals surface area contributed by atoms with E-state index < -0.39 is 0 Å². The Morgan fingerprint density at radius 2 is 1.93 bits per heavy atom. The molecule has 1 amide bonds. The van der Waals surface area contributed by atoms with Crippen LogP contribution in [-0.2, 0) is 11.3 Å². The molecule has 0 aliphatic carbocycles. The number of benzene rings is 2. The van der Waals surface area contributed by atoms with Crippen LogP contribution in [0.25, 0.3) is 21.3 Å². The van der Waals surface area contributed by atoms with E-state index in [0.29, 0.717) is 6.54 Å². The van der Waals surface area contributed by atoms with E-state index in [1.54, 1.807) is 20.9 Å². The number of nitrogens with zero attached hydrogens (tertiary/aromatic N) is 6. The molecule has 8 heteroatoms. The summed E-state index contributed by atoms with van der Waals surface area (Å²) < 4.78 is 2.76. The highest BCUT2D eigenvalue weighted by Gasteiger charge is 2.22. The second-order valence-electron chi connectivity index (χ2n) is 7.51. The molecule has 29 heavy (non-hydrogen) atoms. The Labute approximate surface area is 173 Å². The summed E-state index contributed by atoms with van der Waals surface area (Å²) in [5.74, 6) is -0.0454. The number of carbonyl (C=O) groups is 1. The average molecular weight is 409 g/mol. The van der Waals surface area contributed by atoms with Gasteiger partial charge >= 0.3 is 0 Å². The van der Waals surface area contributed by atoms with Crippen LogP contribution in [0.1, 0.15) is 11.1 Å². The fourth-order valence-electron chi connectivity index (χ4n) is 3.35. The van der Waals surface area contributed by atoms with E-state index in [1.165, 1.54) is 5.56 Å². The largest absolute Gasteiger partial charge is 0.308 e. The zero-order valence-corrected chi connectivity index (χ0v) is 17.9. The van der Waals surface area contributed by atoms with Crippen LogP contribution in [0.3, 0.4) is 0 Å². The average Bonchev–Trinajstić information content (AvgIpc) is 3.26. The van der Waals surface area contributed by atoms with Crippen LogP contribution in [0.2, 0.25) is 0 Å². The van der Waals surface area contributed by atoms with Crippen molar-refractivity contribution in [3.05, 3.63) is 47.5 Å². The predicted octanol–water partition coefficient (Wildman–Crippen LogP) is 3.25. The highest BCUT2D eigenvalue weighted by Crippen LogP contribution is 2.32. The van der Waals surface area contributed by atoms with Crippen LogP contribution in [0.5, 0.6) is 0 Å². The molecule has 0 aliphatic rings. The fourth-order valence-corrected chi connectivity index (χ4v) is 4.53. The lowest BCUT2D eigenvalue weighted by Gasteiger charge is -2.22. The molecule has 0 atom stereocenters. The minimum Gasteiger partial charge on any atom is -0.308 e. The molecule has 2 aromatic carbocycles. The third-order valence-electron chi connectivity index (χ3n) is 4.83. The quantitative estimate of drug-likeness (QED) is 0.490. The number of anilines is 1. The minimum atomic E-state index is -0.0454. The van der Waals surface area contributed by atoms with Crippen molar-refractivity contribution in [1.29, 1.82) is 0 Å². The number of likely N-dealkylation sites (N-methyl/N-ethyl adjacent to an activating group) is 1. The predicted molar refractivity (Wildman–Crippen MR) is 118 cm³/mol. The maximum absolute atomic E-state index is 13.3. The highest BCUT2D eigenvalue weighted by atomic mass is 32.1. The van der Waals surface area contributed by atoms with Crippen molar-refractivity contribution < 1.29 is 4.79 Å². The van der Waals surface area contributed by atoms with Crippen molar-refractivity contribution in [2.45, 2.75) is 20.4 Å². The molecule has 0 spiro atoms. The molecule has 0 saturated carbocycles. The Hall–Kier alpha value is -2.84. The number of hydrogen-bond donors (Lipinski definition) is 0. The van der Waals surface area contributed by atoms with Gasteiger partial charge in [0.25, 0.3) is 5.91 Å². The van der Waals surface area contributed by atoms with Gasteiger partial charge in [0, 0.05) is 13.1 Å². The molecule has 7 nitrogen and oxygen atoms in total. The lowest BCUT2D eigenvalue weighted by atomic mass is 10.1. The molecule has 4 aromatic rings. The summed E-state index contributed by atoms with van der Waals surface area (Å²) in [6, 6.07) is 11.9. The molecular formula is C21H24N6OS. The number of aryl methyl sites for hydroxylation is 2. The lowest BCUT2D eigenvalue weighted by molar-refractivity contribution is -0.119. The molecule has 0 N–H and O–H groups in total. The molecule has 0 saturated heterocycles. The van der Waals surface area contributed by atoms with E-state index in [0.717, 1.165) is 38.5 Å². The molecule has 0 bridgehead atoms. The number of amides is 1. The van der Waals surface area contributed by atoms with Gasteiger partial charge in [0.15, 0.2) is 5.13 Å². The molecule has 2 aromatic heterocycles. The van der Waals surface area contributed by atoms with Gasteiger partial charge in [-0.2, -0.15) is 0 Å². The van der Waals surface area contributed by atoms with Crippen LogP contribution in [0.4, 0.5) is 5.13 Å². The van der Waals surface area contributed by atoms with Crippen molar-refractivity contribution in [3.8, 4) is 0 Å². The van der Waals surface area contributed by atoms with Crippen LogP contribution < -0.4 is 4.90 Å². The number of fused-ring (bicyclic) bond motifs is 2. The number of para-hydroxylation sites is 1. The Bertz CT molecular complexity index is 1180. The topological polar surface area (TPSA) is 67.2 Å². The van der Waals surface area contributed by atoms with Crippen molar-refractivity contribution in [2.24, 2.45) is 0 Å². The Kier molecular flexibility index (Phi) is 5.29. The third kappa shape index (κ3) is 3.99. The molecule has 0 unspecified atom stereocenters. The molecule has 0 fully saturated rings. The van der Waals surface area contributed by atoms with Gasteiger partial charge in [0.2, 0.25) is 0 Å². The van der Waals surface area contributed by atoms with E-state index in [4.69, 9.17) is 4.98 Å². The van der Waals surface area contributed by atoms with Gasteiger partial charge in [-0.1, -0.05) is 34.7 Å². The Balaban J connectivity index is 1.68. The fraction of sp³-hybridized carbons (Fsp3) is 0.333. The van der Waals surface area contributed by atoms with Crippen molar-refractivity contribution in [2.75, 3.05) is 32.1 Å². The monoisotopic (exact) mass is 408 g/mol. The zero-order chi connectivity index (χ0) is 20.5. The minimum absolute atomic E-state index is 0.0454. The molecule has 0 radical (unpaired) electrons. The standard InChI is InChI=1S/C21H24N6OS/c1-14-11-15(2)20-18(12-14)29-21(22-20)26(10-9-25(3)4)19(28)13-27-17-8-6-5-7-16(17)23-24-27/h5-8,11-12H,9-10,13H2,1-4H3. The van der Waals surface area contributed by atoms with Crippen LogP contribution in [0.15, 0.2) is 36.4 Å². The van der Waals surface area contributed by atoms with E-state index >= 15 is 0 Å². The summed E-state index contributed by atoms with van der Waals surface area (Å²) in [6.07, 6.45) is 0. The maximum atomic E-state index is 13.3. The second-order valence-corrected chi connectivity index (χ2v) is 8.52. The number of rotatable bonds is 6.